The molecule has 7 heteroatoms. The van der Waals surface area contributed by atoms with Gasteiger partial charge in [0.25, 0.3) is 5.91 Å². The first-order valence-electron chi connectivity index (χ1n) is 10.8. The maximum absolute atomic E-state index is 13.0. The standard InChI is InChI=1S/C25H29N3O4/c1-5-6-11-21(29)28-24(32)27(23(26-28)25(2,3)4)16-17-12-14-18(15-13-17)19-9-7-8-10-20(19)22(30)31/h7-10,12-15H,5-6,11,16H2,1-4H3,(H,30,31). The van der Waals surface area contributed by atoms with Crippen molar-refractivity contribution in [2.24, 2.45) is 0 Å². The monoisotopic (exact) mass is 435 g/mol. The molecule has 32 heavy (non-hydrogen) atoms. The number of carbonyl (C=O) groups is 2. The van der Waals surface area contributed by atoms with E-state index in [2.05, 4.69) is 5.10 Å². The number of unbranched alkanes of at least 4 members (excludes halogenated alkanes) is 1. The van der Waals surface area contributed by atoms with Crippen LogP contribution >= 0.6 is 0 Å². The molecule has 0 aliphatic carbocycles. The fourth-order valence-corrected chi connectivity index (χ4v) is 3.58. The minimum atomic E-state index is -0.980. The minimum absolute atomic E-state index is 0.235. The van der Waals surface area contributed by atoms with Crippen LogP contribution in [-0.4, -0.2) is 31.3 Å². The second kappa shape index (κ2) is 9.34. The first-order chi connectivity index (χ1) is 15.1. The van der Waals surface area contributed by atoms with E-state index in [4.69, 9.17) is 0 Å². The third kappa shape index (κ3) is 4.88. The van der Waals surface area contributed by atoms with Gasteiger partial charge in [0, 0.05) is 11.8 Å². The summed E-state index contributed by atoms with van der Waals surface area (Å²) < 4.78 is 2.54. The summed E-state index contributed by atoms with van der Waals surface area (Å²) in [7, 11) is 0. The Labute approximate surface area is 187 Å². The molecular formula is C25H29N3O4. The Morgan fingerprint density at radius 3 is 2.28 bits per heavy atom. The smallest absolute Gasteiger partial charge is 0.353 e. The lowest BCUT2D eigenvalue weighted by molar-refractivity contribution is 0.0697. The summed E-state index contributed by atoms with van der Waals surface area (Å²) in [6, 6.07) is 14.3. The molecule has 2 aromatic carbocycles. The Hall–Kier alpha value is -3.48. The molecule has 0 spiro atoms. The van der Waals surface area contributed by atoms with E-state index in [1.165, 1.54) is 0 Å². The van der Waals surface area contributed by atoms with Crippen LogP contribution in [0.25, 0.3) is 11.1 Å². The van der Waals surface area contributed by atoms with Crippen LogP contribution in [0.2, 0.25) is 0 Å². The highest BCUT2D eigenvalue weighted by Gasteiger charge is 2.26. The van der Waals surface area contributed by atoms with Crippen LogP contribution in [0.15, 0.2) is 53.3 Å². The van der Waals surface area contributed by atoms with Gasteiger partial charge in [-0.3, -0.25) is 9.36 Å². The molecule has 1 aromatic heterocycles. The van der Waals surface area contributed by atoms with Gasteiger partial charge in [-0.05, 0) is 29.2 Å². The second-order valence-electron chi connectivity index (χ2n) is 8.90. The number of hydrogen-bond acceptors (Lipinski definition) is 4. The Balaban J connectivity index is 1.95. The van der Waals surface area contributed by atoms with Crippen molar-refractivity contribution in [1.29, 1.82) is 0 Å². The molecule has 3 rings (SSSR count). The molecule has 0 aliphatic heterocycles. The van der Waals surface area contributed by atoms with Gasteiger partial charge in [0.1, 0.15) is 5.82 Å². The molecule has 3 aromatic rings. The molecule has 0 amide bonds. The molecule has 0 aliphatic rings. The van der Waals surface area contributed by atoms with E-state index in [-0.39, 0.29) is 24.4 Å². The summed E-state index contributed by atoms with van der Waals surface area (Å²) in [5.74, 6) is -0.722. The summed E-state index contributed by atoms with van der Waals surface area (Å²) in [5, 5.41) is 13.8. The molecule has 0 atom stereocenters. The molecule has 0 fully saturated rings. The van der Waals surface area contributed by atoms with Crippen molar-refractivity contribution in [2.75, 3.05) is 0 Å². The largest absolute Gasteiger partial charge is 0.478 e. The van der Waals surface area contributed by atoms with E-state index in [0.717, 1.165) is 22.2 Å². The van der Waals surface area contributed by atoms with Gasteiger partial charge >= 0.3 is 11.7 Å². The van der Waals surface area contributed by atoms with Crippen molar-refractivity contribution in [2.45, 2.75) is 58.9 Å². The maximum atomic E-state index is 13.0. The van der Waals surface area contributed by atoms with E-state index in [9.17, 15) is 19.5 Å². The lowest BCUT2D eigenvalue weighted by atomic mass is 9.95. The zero-order chi connectivity index (χ0) is 23.5. The van der Waals surface area contributed by atoms with E-state index in [1.807, 2.05) is 52.0 Å². The zero-order valence-electron chi connectivity index (χ0n) is 19.0. The highest BCUT2D eigenvalue weighted by molar-refractivity contribution is 5.96. The van der Waals surface area contributed by atoms with Crippen LogP contribution in [0.3, 0.4) is 0 Å². The summed E-state index contributed by atoms with van der Waals surface area (Å²) >= 11 is 0. The van der Waals surface area contributed by atoms with Gasteiger partial charge in [-0.25, -0.2) is 9.59 Å². The second-order valence-corrected chi connectivity index (χ2v) is 8.90. The van der Waals surface area contributed by atoms with Gasteiger partial charge in [-0.2, -0.15) is 0 Å². The van der Waals surface area contributed by atoms with Crippen molar-refractivity contribution in [3.63, 3.8) is 0 Å². The lowest BCUT2D eigenvalue weighted by Gasteiger charge is -2.18. The third-order valence-electron chi connectivity index (χ3n) is 5.28. The minimum Gasteiger partial charge on any atom is -0.478 e. The average Bonchev–Trinajstić information content (AvgIpc) is 3.09. The van der Waals surface area contributed by atoms with Crippen molar-refractivity contribution in [1.82, 2.24) is 14.3 Å². The molecule has 1 heterocycles. The average molecular weight is 436 g/mol. The molecule has 7 nitrogen and oxygen atoms in total. The Bertz CT molecular complexity index is 1180. The molecule has 1 N–H and O–H groups in total. The predicted molar refractivity (Wildman–Crippen MR) is 123 cm³/mol. The third-order valence-corrected chi connectivity index (χ3v) is 5.28. The number of benzene rings is 2. The van der Waals surface area contributed by atoms with Crippen LogP contribution < -0.4 is 5.69 Å². The molecule has 168 valence electrons. The first-order valence-corrected chi connectivity index (χ1v) is 10.8. The molecule has 0 saturated heterocycles. The number of rotatable bonds is 7. The summed E-state index contributed by atoms with van der Waals surface area (Å²) in [4.78, 5) is 37.0. The highest BCUT2D eigenvalue weighted by atomic mass is 16.4. The molecule has 0 unspecified atom stereocenters. The van der Waals surface area contributed by atoms with Crippen molar-refractivity contribution in [3.8, 4) is 11.1 Å². The summed E-state index contributed by atoms with van der Waals surface area (Å²) in [5.41, 5.74) is 1.65. The molecule has 0 saturated carbocycles. The van der Waals surface area contributed by atoms with Crippen LogP contribution in [0.5, 0.6) is 0 Å². The number of carboxylic acid groups (broad SMARTS) is 1. The number of carbonyl (C=O) groups excluding carboxylic acids is 1. The van der Waals surface area contributed by atoms with Gasteiger partial charge in [0.05, 0.1) is 12.1 Å². The van der Waals surface area contributed by atoms with E-state index in [1.54, 1.807) is 28.8 Å². The topological polar surface area (TPSA) is 94.2 Å². The predicted octanol–water partition coefficient (Wildman–Crippen LogP) is 4.59. The highest BCUT2D eigenvalue weighted by Crippen LogP contribution is 2.25. The number of aromatic nitrogens is 3. The van der Waals surface area contributed by atoms with E-state index in [0.29, 0.717) is 17.8 Å². The Kier molecular flexibility index (Phi) is 6.77. The number of hydrogen-bond donors (Lipinski definition) is 1. The van der Waals surface area contributed by atoms with Gasteiger partial charge in [-0.15, -0.1) is 9.78 Å². The van der Waals surface area contributed by atoms with Gasteiger partial charge < -0.3 is 5.11 Å². The van der Waals surface area contributed by atoms with Gasteiger partial charge in [0.15, 0.2) is 0 Å². The SMILES string of the molecule is CCCCC(=O)n1nc(C(C)(C)C)n(Cc2ccc(-c3ccccc3C(=O)O)cc2)c1=O. The summed E-state index contributed by atoms with van der Waals surface area (Å²) in [6.45, 7) is 8.13. The normalized spacial score (nSPS) is 11.5. The van der Waals surface area contributed by atoms with Crippen molar-refractivity contribution in [3.05, 3.63) is 76.0 Å². The van der Waals surface area contributed by atoms with Crippen molar-refractivity contribution < 1.29 is 14.7 Å². The van der Waals surface area contributed by atoms with Crippen LogP contribution in [0.1, 0.15) is 73.5 Å². The number of nitrogens with zero attached hydrogens (tertiary/aromatic N) is 3. The van der Waals surface area contributed by atoms with E-state index >= 15 is 0 Å². The van der Waals surface area contributed by atoms with Gasteiger partial charge in [-0.1, -0.05) is 76.6 Å². The zero-order valence-corrected chi connectivity index (χ0v) is 19.0. The maximum Gasteiger partial charge on any atom is 0.353 e. The Morgan fingerprint density at radius 1 is 1.03 bits per heavy atom. The quantitative estimate of drug-likeness (QED) is 0.586. The lowest BCUT2D eigenvalue weighted by Crippen LogP contribution is -2.31. The Morgan fingerprint density at radius 2 is 1.69 bits per heavy atom. The molecular weight excluding hydrogens is 406 g/mol. The number of aromatic carboxylic acids is 1. The van der Waals surface area contributed by atoms with Crippen molar-refractivity contribution >= 4 is 11.9 Å². The number of carboxylic acids is 1. The van der Waals surface area contributed by atoms with Crippen LogP contribution in [0, 0.1) is 0 Å². The molecule has 0 bridgehead atoms. The molecule has 0 radical (unpaired) electrons. The van der Waals surface area contributed by atoms with E-state index < -0.39 is 17.1 Å². The first kappa shape index (κ1) is 23.2. The van der Waals surface area contributed by atoms with Crippen LogP contribution in [-0.2, 0) is 12.0 Å². The van der Waals surface area contributed by atoms with Gasteiger partial charge in [0.2, 0.25) is 0 Å². The fourth-order valence-electron chi connectivity index (χ4n) is 3.58. The fraction of sp³-hybridized carbons (Fsp3) is 0.360. The summed E-state index contributed by atoms with van der Waals surface area (Å²) in [6.07, 6.45) is 1.86. The van der Waals surface area contributed by atoms with Crippen LogP contribution in [0.4, 0.5) is 0 Å².